The van der Waals surface area contributed by atoms with E-state index in [4.69, 9.17) is 5.73 Å². The minimum absolute atomic E-state index is 0.673. The summed E-state index contributed by atoms with van der Waals surface area (Å²) in [6.07, 6.45) is 1.24. The van der Waals surface area contributed by atoms with Crippen molar-refractivity contribution in [3.8, 4) is 0 Å². The molecule has 0 saturated heterocycles. The third kappa shape index (κ3) is 5.80. The number of hydrogen-bond donors (Lipinski definition) is 1. The van der Waals surface area contributed by atoms with E-state index in [2.05, 4.69) is 18.7 Å². The van der Waals surface area contributed by atoms with Crippen LogP contribution in [0.5, 0.6) is 0 Å². The molecular weight excluding hydrogens is 112 g/mol. The van der Waals surface area contributed by atoms with Crippen LogP contribution in [-0.2, 0) is 0 Å². The Kier molecular flexibility index (Phi) is 4.72. The molecule has 0 saturated carbocycles. The van der Waals surface area contributed by atoms with Crippen LogP contribution in [-0.4, -0.2) is 25.2 Å². The smallest absolute Gasteiger partial charge is 0.0452 e. The van der Waals surface area contributed by atoms with Gasteiger partial charge in [-0.2, -0.15) is 0 Å². The first kappa shape index (κ1) is 8.92. The Morgan fingerprint density at radius 3 is 2.33 bits per heavy atom. The van der Waals surface area contributed by atoms with Gasteiger partial charge in [0.2, 0.25) is 0 Å². The largest absolute Gasteiger partial charge is 0.318 e. The molecule has 0 fully saturated rings. The minimum atomic E-state index is 0.673. The van der Waals surface area contributed by atoms with E-state index in [0.717, 1.165) is 12.5 Å². The third-order valence-corrected chi connectivity index (χ3v) is 1.40. The molecule has 0 spiro atoms. The second kappa shape index (κ2) is 4.77. The summed E-state index contributed by atoms with van der Waals surface area (Å²) in [6.45, 7) is 6.25. The number of nitrogens with two attached hydrogens (primary N) is 1. The van der Waals surface area contributed by atoms with Gasteiger partial charge in [0.1, 0.15) is 0 Å². The lowest BCUT2D eigenvalue weighted by atomic mass is 10.1. The molecule has 0 radical (unpaired) electrons. The fourth-order valence-electron chi connectivity index (χ4n) is 0.570. The molecule has 0 amide bonds. The molecule has 0 bridgehead atoms. The molecule has 56 valence electrons. The van der Waals surface area contributed by atoms with Crippen LogP contribution < -0.4 is 5.73 Å². The van der Waals surface area contributed by atoms with E-state index in [1.54, 1.807) is 0 Å². The zero-order valence-corrected chi connectivity index (χ0v) is 6.72. The van der Waals surface area contributed by atoms with Gasteiger partial charge in [0.25, 0.3) is 0 Å². The lowest BCUT2D eigenvalue weighted by molar-refractivity contribution is 0.319. The zero-order valence-electron chi connectivity index (χ0n) is 6.72. The summed E-state index contributed by atoms with van der Waals surface area (Å²) in [5.74, 6) is 0.791. The lowest BCUT2D eigenvalue weighted by Crippen LogP contribution is -2.27. The third-order valence-electron chi connectivity index (χ3n) is 1.40. The zero-order chi connectivity index (χ0) is 7.28. The summed E-state index contributed by atoms with van der Waals surface area (Å²) >= 11 is 0. The maximum Gasteiger partial charge on any atom is 0.0452 e. The Bertz CT molecular complexity index is 61.9. The maximum absolute atomic E-state index is 5.38. The van der Waals surface area contributed by atoms with Gasteiger partial charge in [-0.05, 0) is 25.9 Å². The van der Waals surface area contributed by atoms with E-state index in [1.165, 1.54) is 6.42 Å². The highest BCUT2D eigenvalue weighted by atomic mass is 15.1. The van der Waals surface area contributed by atoms with Crippen LogP contribution in [0.4, 0.5) is 0 Å². The van der Waals surface area contributed by atoms with Gasteiger partial charge in [0, 0.05) is 6.67 Å². The van der Waals surface area contributed by atoms with Crippen LogP contribution in [0.3, 0.4) is 0 Å². The van der Waals surface area contributed by atoms with E-state index in [1.807, 2.05) is 7.05 Å². The summed E-state index contributed by atoms with van der Waals surface area (Å²) in [4.78, 5) is 2.12. The van der Waals surface area contributed by atoms with Crippen molar-refractivity contribution in [3.63, 3.8) is 0 Å². The predicted molar refractivity (Wildman–Crippen MR) is 41.1 cm³/mol. The van der Waals surface area contributed by atoms with Crippen LogP contribution >= 0.6 is 0 Å². The van der Waals surface area contributed by atoms with Gasteiger partial charge >= 0.3 is 0 Å². The Labute approximate surface area is 58.0 Å². The Morgan fingerprint density at radius 2 is 2.00 bits per heavy atom. The van der Waals surface area contributed by atoms with Crippen molar-refractivity contribution in [2.45, 2.75) is 20.3 Å². The molecule has 0 aliphatic heterocycles. The molecule has 0 aromatic heterocycles. The average molecular weight is 130 g/mol. The minimum Gasteiger partial charge on any atom is -0.318 e. The molecule has 2 nitrogen and oxygen atoms in total. The van der Waals surface area contributed by atoms with Crippen molar-refractivity contribution < 1.29 is 0 Å². The van der Waals surface area contributed by atoms with Gasteiger partial charge in [-0.15, -0.1) is 0 Å². The summed E-state index contributed by atoms with van der Waals surface area (Å²) < 4.78 is 0. The van der Waals surface area contributed by atoms with Crippen molar-refractivity contribution in [2.24, 2.45) is 11.7 Å². The van der Waals surface area contributed by atoms with Gasteiger partial charge in [-0.3, -0.25) is 4.90 Å². The summed E-state index contributed by atoms with van der Waals surface area (Å²) in [7, 11) is 2.04. The standard InChI is InChI=1S/C7H18N2/c1-7(2)4-5-9(3)6-8/h7H,4-6,8H2,1-3H3. The average Bonchev–Trinajstić information content (AvgIpc) is 1.83. The van der Waals surface area contributed by atoms with Gasteiger partial charge in [-0.1, -0.05) is 13.8 Å². The SMILES string of the molecule is CC(C)CCN(C)CN. The normalized spacial score (nSPS) is 11.3. The van der Waals surface area contributed by atoms with Crippen LogP contribution in [0.1, 0.15) is 20.3 Å². The van der Waals surface area contributed by atoms with E-state index >= 15 is 0 Å². The fraction of sp³-hybridized carbons (Fsp3) is 1.00. The van der Waals surface area contributed by atoms with E-state index < -0.39 is 0 Å². The van der Waals surface area contributed by atoms with Crippen molar-refractivity contribution in [1.82, 2.24) is 4.90 Å². The van der Waals surface area contributed by atoms with Gasteiger partial charge < -0.3 is 5.73 Å². The molecule has 0 heterocycles. The molecule has 0 aliphatic rings. The topological polar surface area (TPSA) is 29.3 Å². The van der Waals surface area contributed by atoms with Crippen molar-refractivity contribution in [2.75, 3.05) is 20.3 Å². The first-order valence-electron chi connectivity index (χ1n) is 3.55. The first-order chi connectivity index (χ1) is 4.16. The molecule has 0 aromatic rings. The van der Waals surface area contributed by atoms with Crippen molar-refractivity contribution in [3.05, 3.63) is 0 Å². The van der Waals surface area contributed by atoms with Crippen LogP contribution in [0.2, 0.25) is 0 Å². The fourth-order valence-corrected chi connectivity index (χ4v) is 0.570. The molecule has 0 rings (SSSR count). The van der Waals surface area contributed by atoms with Gasteiger partial charge in [-0.25, -0.2) is 0 Å². The predicted octanol–water partition coefficient (Wildman–Crippen LogP) is 0.881. The van der Waals surface area contributed by atoms with Crippen LogP contribution in [0.25, 0.3) is 0 Å². The maximum atomic E-state index is 5.38. The van der Waals surface area contributed by atoms with Crippen LogP contribution in [0, 0.1) is 5.92 Å². The highest BCUT2D eigenvalue weighted by Gasteiger charge is 1.96. The highest BCUT2D eigenvalue weighted by molar-refractivity contribution is 4.49. The van der Waals surface area contributed by atoms with Crippen molar-refractivity contribution >= 4 is 0 Å². The molecular formula is C7H18N2. The second-order valence-electron chi connectivity index (χ2n) is 2.94. The molecule has 0 aromatic carbocycles. The summed E-state index contributed by atoms with van der Waals surface area (Å²) in [5.41, 5.74) is 5.38. The van der Waals surface area contributed by atoms with E-state index in [9.17, 15) is 0 Å². The van der Waals surface area contributed by atoms with E-state index in [0.29, 0.717) is 6.67 Å². The number of rotatable bonds is 4. The molecule has 9 heavy (non-hydrogen) atoms. The Hall–Kier alpha value is -0.0800. The van der Waals surface area contributed by atoms with Gasteiger partial charge in [0.15, 0.2) is 0 Å². The number of nitrogens with zero attached hydrogens (tertiary/aromatic N) is 1. The molecule has 0 unspecified atom stereocenters. The van der Waals surface area contributed by atoms with Crippen LogP contribution in [0.15, 0.2) is 0 Å². The quantitative estimate of drug-likeness (QED) is 0.572. The molecule has 0 aliphatic carbocycles. The lowest BCUT2D eigenvalue weighted by Gasteiger charge is -2.14. The molecule has 2 N–H and O–H groups in total. The number of hydrogen-bond acceptors (Lipinski definition) is 2. The van der Waals surface area contributed by atoms with E-state index in [-0.39, 0.29) is 0 Å². The highest BCUT2D eigenvalue weighted by Crippen LogP contribution is 1.98. The molecule has 2 heteroatoms. The first-order valence-corrected chi connectivity index (χ1v) is 3.55. The monoisotopic (exact) mass is 130 g/mol. The Morgan fingerprint density at radius 1 is 1.44 bits per heavy atom. The Balaban J connectivity index is 3.06. The van der Waals surface area contributed by atoms with Gasteiger partial charge in [0.05, 0.1) is 0 Å². The summed E-state index contributed by atoms with van der Waals surface area (Å²) in [6, 6.07) is 0. The second-order valence-corrected chi connectivity index (χ2v) is 2.94. The summed E-state index contributed by atoms with van der Waals surface area (Å²) in [5, 5.41) is 0. The molecule has 0 atom stereocenters. The van der Waals surface area contributed by atoms with Crippen molar-refractivity contribution in [1.29, 1.82) is 0 Å².